The van der Waals surface area contributed by atoms with Crippen molar-refractivity contribution in [2.24, 2.45) is 0 Å². The second-order valence-electron chi connectivity index (χ2n) is 4.25. The van der Waals surface area contributed by atoms with Crippen molar-refractivity contribution in [3.05, 3.63) is 22.7 Å². The normalized spacial score (nSPS) is 11.9. The lowest BCUT2D eigenvalue weighted by Gasteiger charge is -2.22. The van der Waals surface area contributed by atoms with Crippen LogP contribution in [0, 0.1) is 0 Å². The number of ether oxygens (including phenoxy) is 1. The highest BCUT2D eigenvalue weighted by molar-refractivity contribution is 7.89. The third-order valence-electron chi connectivity index (χ3n) is 2.91. The third-order valence-corrected chi connectivity index (χ3v) is 5.11. The smallest absolute Gasteiger partial charge is 0.246 e. The van der Waals surface area contributed by atoms with Gasteiger partial charge in [0.25, 0.3) is 0 Å². The Hall–Kier alpha value is -0.820. The maximum Gasteiger partial charge on any atom is 0.246 e. The van der Waals surface area contributed by atoms with Gasteiger partial charge >= 0.3 is 0 Å². The Morgan fingerprint density at radius 3 is 2.45 bits per heavy atom. The molecule has 0 spiro atoms. The number of aliphatic hydroxyl groups is 1. The van der Waals surface area contributed by atoms with Crippen LogP contribution in [-0.2, 0) is 16.6 Å². The molecule has 0 aliphatic carbocycles. The number of rotatable bonds is 7. The molecule has 0 fully saturated rings. The summed E-state index contributed by atoms with van der Waals surface area (Å²) >= 11 is 5.94. The lowest BCUT2D eigenvalue weighted by atomic mass is 10.2. The van der Waals surface area contributed by atoms with Gasteiger partial charge in [0.05, 0.1) is 13.7 Å². The zero-order valence-electron chi connectivity index (χ0n) is 11.9. The summed E-state index contributed by atoms with van der Waals surface area (Å²) in [7, 11) is -2.33. The zero-order valence-corrected chi connectivity index (χ0v) is 13.5. The summed E-state index contributed by atoms with van der Waals surface area (Å²) in [4.78, 5) is -0.00755. The second kappa shape index (κ2) is 7.26. The minimum atomic E-state index is -3.70. The number of hydrogen-bond donors (Lipinski definition) is 1. The molecule has 1 N–H and O–H groups in total. The molecule has 20 heavy (non-hydrogen) atoms. The number of sulfonamides is 1. The first-order valence-electron chi connectivity index (χ1n) is 6.39. The highest BCUT2D eigenvalue weighted by Gasteiger charge is 2.28. The molecule has 5 nitrogen and oxygen atoms in total. The molecule has 1 aromatic rings. The van der Waals surface area contributed by atoms with E-state index in [1.165, 1.54) is 23.5 Å². The van der Waals surface area contributed by atoms with Crippen LogP contribution in [0.15, 0.2) is 17.0 Å². The van der Waals surface area contributed by atoms with Gasteiger partial charge in [-0.1, -0.05) is 25.4 Å². The highest BCUT2D eigenvalue weighted by atomic mass is 35.5. The van der Waals surface area contributed by atoms with E-state index in [4.69, 9.17) is 16.3 Å². The van der Waals surface area contributed by atoms with Crippen molar-refractivity contribution < 1.29 is 18.3 Å². The van der Waals surface area contributed by atoms with E-state index in [0.29, 0.717) is 25.1 Å². The molecule has 0 heterocycles. The molecule has 1 aromatic carbocycles. The van der Waals surface area contributed by atoms with Crippen molar-refractivity contribution >= 4 is 21.6 Å². The number of aliphatic hydroxyl groups excluding tert-OH is 1. The number of benzene rings is 1. The molecule has 0 unspecified atom stereocenters. The van der Waals surface area contributed by atoms with Crippen molar-refractivity contribution in [2.45, 2.75) is 31.8 Å². The van der Waals surface area contributed by atoms with Crippen LogP contribution in [0.3, 0.4) is 0 Å². The number of hydrogen-bond acceptors (Lipinski definition) is 4. The van der Waals surface area contributed by atoms with Gasteiger partial charge < -0.3 is 9.84 Å². The summed E-state index contributed by atoms with van der Waals surface area (Å²) in [5.41, 5.74) is 0.353. The van der Waals surface area contributed by atoms with Crippen molar-refractivity contribution in [1.82, 2.24) is 4.31 Å². The average Bonchev–Trinajstić information content (AvgIpc) is 2.43. The van der Waals surface area contributed by atoms with Crippen LogP contribution in [0.2, 0.25) is 5.02 Å². The molecule has 0 aromatic heterocycles. The standard InChI is InChI=1S/C13H20ClNO4S/c1-4-6-15(5-2)20(17,18)12-8-11(14)7-10(9-16)13(12)19-3/h7-8,16H,4-6,9H2,1-3H3. The zero-order chi connectivity index (χ0) is 15.3. The molecule has 7 heteroatoms. The molecule has 0 saturated carbocycles. The van der Waals surface area contributed by atoms with E-state index in [1.54, 1.807) is 6.92 Å². The van der Waals surface area contributed by atoms with Gasteiger partial charge in [0.2, 0.25) is 10.0 Å². The van der Waals surface area contributed by atoms with E-state index in [1.807, 2.05) is 6.92 Å². The van der Waals surface area contributed by atoms with Gasteiger partial charge in [-0.2, -0.15) is 4.31 Å². The van der Waals surface area contributed by atoms with Crippen molar-refractivity contribution in [1.29, 1.82) is 0 Å². The Morgan fingerprint density at radius 2 is 2.00 bits per heavy atom. The lowest BCUT2D eigenvalue weighted by molar-refractivity contribution is 0.272. The van der Waals surface area contributed by atoms with E-state index in [0.717, 1.165) is 0 Å². The average molecular weight is 322 g/mol. The van der Waals surface area contributed by atoms with Crippen molar-refractivity contribution in [3.8, 4) is 5.75 Å². The van der Waals surface area contributed by atoms with E-state index in [9.17, 15) is 13.5 Å². The van der Waals surface area contributed by atoms with Crippen LogP contribution < -0.4 is 4.74 Å². The lowest BCUT2D eigenvalue weighted by Crippen LogP contribution is -2.32. The first-order chi connectivity index (χ1) is 9.42. The van der Waals surface area contributed by atoms with Gasteiger partial charge in [-0.15, -0.1) is 0 Å². The molecule has 0 bridgehead atoms. The number of halogens is 1. The molecule has 114 valence electrons. The van der Waals surface area contributed by atoms with Crippen LogP contribution in [0.1, 0.15) is 25.8 Å². The summed E-state index contributed by atoms with van der Waals surface area (Å²) in [6.07, 6.45) is 0.711. The van der Waals surface area contributed by atoms with E-state index >= 15 is 0 Å². The SMILES string of the molecule is CCCN(CC)S(=O)(=O)c1cc(Cl)cc(CO)c1OC. The molecule has 0 radical (unpaired) electrons. The number of nitrogens with zero attached hydrogens (tertiary/aromatic N) is 1. The van der Waals surface area contributed by atoms with Crippen molar-refractivity contribution in [2.75, 3.05) is 20.2 Å². The maximum absolute atomic E-state index is 12.7. The molecular formula is C13H20ClNO4S. The van der Waals surface area contributed by atoms with E-state index < -0.39 is 10.0 Å². The summed E-state index contributed by atoms with van der Waals surface area (Å²) in [5, 5.41) is 9.57. The third kappa shape index (κ3) is 3.44. The Kier molecular flexibility index (Phi) is 6.26. The largest absolute Gasteiger partial charge is 0.495 e. The fourth-order valence-corrected chi connectivity index (χ4v) is 4.07. The van der Waals surface area contributed by atoms with Gasteiger partial charge in [0.15, 0.2) is 0 Å². The molecule has 0 aliphatic heterocycles. The fourth-order valence-electron chi connectivity index (χ4n) is 2.00. The van der Waals surface area contributed by atoms with Crippen molar-refractivity contribution in [3.63, 3.8) is 0 Å². The summed E-state index contributed by atoms with van der Waals surface area (Å²) in [6, 6.07) is 2.85. The molecule has 1 rings (SSSR count). The maximum atomic E-state index is 12.7. The molecule has 0 saturated heterocycles. The fraction of sp³-hybridized carbons (Fsp3) is 0.538. The minimum Gasteiger partial charge on any atom is -0.495 e. The molecule has 0 aliphatic rings. The minimum absolute atomic E-state index is 0.00755. The summed E-state index contributed by atoms with van der Waals surface area (Å²) in [6.45, 7) is 4.12. The Bertz CT molecular complexity index is 560. The quantitative estimate of drug-likeness (QED) is 0.836. The molecular weight excluding hydrogens is 302 g/mol. The van der Waals surface area contributed by atoms with Gasteiger partial charge in [-0.3, -0.25) is 0 Å². The molecule has 0 atom stereocenters. The number of methoxy groups -OCH3 is 1. The van der Waals surface area contributed by atoms with Crippen LogP contribution >= 0.6 is 11.6 Å². The van der Waals surface area contributed by atoms with E-state index in [2.05, 4.69) is 0 Å². The Balaban J connectivity index is 3.47. The first-order valence-corrected chi connectivity index (χ1v) is 8.21. The Morgan fingerprint density at radius 1 is 1.35 bits per heavy atom. The second-order valence-corrected chi connectivity index (χ2v) is 6.59. The van der Waals surface area contributed by atoms with Gasteiger partial charge in [-0.05, 0) is 18.6 Å². The van der Waals surface area contributed by atoms with Crippen LogP contribution in [-0.4, -0.2) is 38.0 Å². The van der Waals surface area contributed by atoms with Crippen LogP contribution in [0.4, 0.5) is 0 Å². The topological polar surface area (TPSA) is 66.8 Å². The van der Waals surface area contributed by atoms with Gasteiger partial charge in [0, 0.05) is 23.7 Å². The highest BCUT2D eigenvalue weighted by Crippen LogP contribution is 2.33. The summed E-state index contributed by atoms with van der Waals surface area (Å²) < 4.78 is 31.8. The predicted molar refractivity (Wildman–Crippen MR) is 78.7 cm³/mol. The van der Waals surface area contributed by atoms with E-state index in [-0.39, 0.29) is 22.3 Å². The summed E-state index contributed by atoms with van der Waals surface area (Å²) in [5.74, 6) is 0.145. The van der Waals surface area contributed by atoms with Gasteiger partial charge in [0.1, 0.15) is 10.6 Å². The monoisotopic (exact) mass is 321 g/mol. The first kappa shape index (κ1) is 17.2. The van der Waals surface area contributed by atoms with Gasteiger partial charge in [-0.25, -0.2) is 8.42 Å². The van der Waals surface area contributed by atoms with Crippen LogP contribution in [0.5, 0.6) is 5.75 Å². The van der Waals surface area contributed by atoms with Crippen LogP contribution in [0.25, 0.3) is 0 Å². The molecule has 0 amide bonds. The Labute approximate surface area is 125 Å². The predicted octanol–water partition coefficient (Wildman–Crippen LogP) is 2.26.